The zero-order valence-corrected chi connectivity index (χ0v) is 9.95. The fourth-order valence-electron chi connectivity index (χ4n) is 1.25. The number of ether oxygens (including phenoxy) is 1. The Morgan fingerprint density at radius 2 is 1.94 bits per heavy atom. The zero-order chi connectivity index (χ0) is 11.8. The molecule has 0 unspecified atom stereocenters. The van der Waals surface area contributed by atoms with Crippen LogP contribution in [0, 0.1) is 0 Å². The van der Waals surface area contributed by atoms with Crippen LogP contribution in [0.4, 0.5) is 5.69 Å². The summed E-state index contributed by atoms with van der Waals surface area (Å²) in [5.41, 5.74) is 1.06. The van der Waals surface area contributed by atoms with Gasteiger partial charge in [0, 0.05) is 18.7 Å². The normalized spacial score (nSPS) is 9.88. The summed E-state index contributed by atoms with van der Waals surface area (Å²) < 4.78 is 5.08. The second-order valence-corrected chi connectivity index (χ2v) is 3.63. The van der Waals surface area contributed by atoms with Crippen LogP contribution >= 0.6 is 0 Å². The first-order valence-corrected chi connectivity index (χ1v) is 5.81. The van der Waals surface area contributed by atoms with Crippen molar-refractivity contribution in [1.29, 1.82) is 0 Å². The van der Waals surface area contributed by atoms with Crippen LogP contribution in [0.3, 0.4) is 0 Å². The summed E-state index contributed by atoms with van der Waals surface area (Å²) in [6, 6.07) is 7.46. The monoisotopic (exact) mass is 221 g/mol. The third kappa shape index (κ3) is 4.34. The fourth-order valence-corrected chi connectivity index (χ4v) is 1.25. The van der Waals surface area contributed by atoms with Gasteiger partial charge in [-0.2, -0.15) is 0 Å². The molecule has 0 saturated heterocycles. The van der Waals surface area contributed by atoms with Gasteiger partial charge < -0.3 is 10.1 Å². The number of nitrogens with one attached hydrogen (secondary N) is 1. The van der Waals surface area contributed by atoms with Crippen molar-refractivity contribution in [2.75, 3.05) is 11.9 Å². The molecule has 0 saturated carbocycles. The second kappa shape index (κ2) is 6.88. The third-order valence-electron chi connectivity index (χ3n) is 2.23. The second-order valence-electron chi connectivity index (χ2n) is 3.63. The molecule has 0 aliphatic heterocycles. The number of hydrogen-bond donors (Lipinski definition) is 1. The van der Waals surface area contributed by atoms with Crippen molar-refractivity contribution < 1.29 is 9.53 Å². The van der Waals surface area contributed by atoms with Crippen molar-refractivity contribution in [2.45, 2.75) is 33.1 Å². The van der Waals surface area contributed by atoms with E-state index in [1.807, 2.05) is 24.3 Å². The number of rotatable bonds is 6. The van der Waals surface area contributed by atoms with Crippen molar-refractivity contribution in [3.8, 4) is 5.75 Å². The van der Waals surface area contributed by atoms with Gasteiger partial charge in [-0.05, 0) is 30.7 Å². The lowest BCUT2D eigenvalue weighted by Gasteiger charge is -2.06. The molecule has 1 aromatic rings. The molecule has 3 heteroatoms. The van der Waals surface area contributed by atoms with E-state index < -0.39 is 0 Å². The molecule has 0 aromatic heterocycles. The van der Waals surface area contributed by atoms with E-state index in [9.17, 15) is 4.79 Å². The van der Waals surface area contributed by atoms with E-state index in [2.05, 4.69) is 12.2 Å². The van der Waals surface area contributed by atoms with E-state index in [1.165, 1.54) is 6.42 Å². The fraction of sp³-hybridized carbons (Fsp3) is 0.462. The van der Waals surface area contributed by atoms with Gasteiger partial charge in [-0.3, -0.25) is 4.79 Å². The molecule has 1 rings (SSSR count). The summed E-state index contributed by atoms with van der Waals surface area (Å²) in [5, 5.41) is 3.30. The van der Waals surface area contributed by atoms with Gasteiger partial charge in [0.05, 0.1) is 0 Å². The minimum atomic E-state index is -0.202. The lowest BCUT2D eigenvalue weighted by Crippen LogP contribution is -2.05. The van der Waals surface area contributed by atoms with Crippen LogP contribution in [0.15, 0.2) is 24.3 Å². The Hall–Kier alpha value is -1.51. The van der Waals surface area contributed by atoms with Crippen LogP contribution in [-0.2, 0) is 4.79 Å². The van der Waals surface area contributed by atoms with Crippen molar-refractivity contribution in [2.24, 2.45) is 0 Å². The minimum absolute atomic E-state index is 0.202. The number of unbranched alkanes of at least 4 members (excludes halogenated alkanes) is 1. The van der Waals surface area contributed by atoms with Gasteiger partial charge in [0.25, 0.3) is 0 Å². The number of anilines is 1. The first-order chi connectivity index (χ1) is 7.76. The molecule has 0 spiro atoms. The Morgan fingerprint density at radius 1 is 1.25 bits per heavy atom. The number of carbonyl (C=O) groups excluding carboxylic acids is 1. The smallest absolute Gasteiger partial charge is 0.310 e. The van der Waals surface area contributed by atoms with E-state index in [-0.39, 0.29) is 5.97 Å². The van der Waals surface area contributed by atoms with Gasteiger partial charge >= 0.3 is 5.97 Å². The molecule has 1 N–H and O–H groups in total. The lowest BCUT2D eigenvalue weighted by molar-refractivity contribution is -0.134. The lowest BCUT2D eigenvalue weighted by atomic mass is 10.3. The minimum Gasteiger partial charge on any atom is -0.427 e. The van der Waals surface area contributed by atoms with Gasteiger partial charge in [-0.15, -0.1) is 0 Å². The van der Waals surface area contributed by atoms with E-state index >= 15 is 0 Å². The Bertz CT molecular complexity index is 319. The third-order valence-corrected chi connectivity index (χ3v) is 2.23. The number of carbonyl (C=O) groups is 1. The molecule has 0 heterocycles. The van der Waals surface area contributed by atoms with Crippen molar-refractivity contribution in [3.05, 3.63) is 24.3 Å². The molecule has 0 aliphatic carbocycles. The molecule has 3 nitrogen and oxygen atoms in total. The largest absolute Gasteiger partial charge is 0.427 e. The highest BCUT2D eigenvalue weighted by Gasteiger charge is 2.00. The molecule has 16 heavy (non-hydrogen) atoms. The van der Waals surface area contributed by atoms with E-state index in [4.69, 9.17) is 4.74 Å². The van der Waals surface area contributed by atoms with Gasteiger partial charge in [-0.1, -0.05) is 20.3 Å². The van der Waals surface area contributed by atoms with E-state index in [0.717, 1.165) is 18.7 Å². The molecular weight excluding hydrogens is 202 g/mol. The predicted octanol–water partition coefficient (Wildman–Crippen LogP) is 3.21. The summed E-state index contributed by atoms with van der Waals surface area (Å²) in [6.07, 6.45) is 2.74. The Kier molecular flexibility index (Phi) is 5.40. The molecule has 0 fully saturated rings. The van der Waals surface area contributed by atoms with Crippen LogP contribution in [0.5, 0.6) is 5.75 Å². The summed E-state index contributed by atoms with van der Waals surface area (Å²) in [4.78, 5) is 11.0. The first-order valence-electron chi connectivity index (χ1n) is 5.81. The molecule has 0 aliphatic rings. The highest BCUT2D eigenvalue weighted by Crippen LogP contribution is 2.16. The SMILES string of the molecule is CCCCNc1ccc(OC(=O)CC)cc1. The van der Waals surface area contributed by atoms with Crippen LogP contribution in [0.1, 0.15) is 33.1 Å². The van der Waals surface area contributed by atoms with Crippen LogP contribution in [-0.4, -0.2) is 12.5 Å². The topological polar surface area (TPSA) is 38.3 Å². The average molecular weight is 221 g/mol. The number of hydrogen-bond acceptors (Lipinski definition) is 3. The molecule has 0 bridgehead atoms. The van der Waals surface area contributed by atoms with Crippen LogP contribution in [0.2, 0.25) is 0 Å². The molecule has 0 atom stereocenters. The predicted molar refractivity (Wildman–Crippen MR) is 65.8 cm³/mol. The maximum Gasteiger partial charge on any atom is 0.310 e. The zero-order valence-electron chi connectivity index (χ0n) is 9.95. The maximum atomic E-state index is 11.0. The van der Waals surface area contributed by atoms with E-state index in [0.29, 0.717) is 12.2 Å². The van der Waals surface area contributed by atoms with Crippen LogP contribution in [0.25, 0.3) is 0 Å². The summed E-state index contributed by atoms with van der Waals surface area (Å²) in [5.74, 6) is 0.402. The van der Waals surface area contributed by atoms with Gasteiger partial charge in [-0.25, -0.2) is 0 Å². The summed E-state index contributed by atoms with van der Waals surface area (Å²) in [7, 11) is 0. The molecule has 0 amide bonds. The van der Waals surface area contributed by atoms with Crippen molar-refractivity contribution >= 4 is 11.7 Å². The van der Waals surface area contributed by atoms with E-state index in [1.54, 1.807) is 6.92 Å². The quantitative estimate of drug-likeness (QED) is 0.455. The first kappa shape index (κ1) is 12.6. The Labute approximate surface area is 96.8 Å². The van der Waals surface area contributed by atoms with Crippen molar-refractivity contribution in [3.63, 3.8) is 0 Å². The van der Waals surface area contributed by atoms with Gasteiger partial charge in [0.1, 0.15) is 5.75 Å². The van der Waals surface area contributed by atoms with Gasteiger partial charge in [0.15, 0.2) is 0 Å². The number of benzene rings is 1. The Balaban J connectivity index is 2.44. The molecule has 88 valence electrons. The standard InChI is InChI=1S/C13H19NO2/c1-3-5-10-14-11-6-8-12(9-7-11)16-13(15)4-2/h6-9,14H,3-5,10H2,1-2H3. The molecule has 1 aromatic carbocycles. The molecule has 0 radical (unpaired) electrons. The summed E-state index contributed by atoms with van der Waals surface area (Å²) in [6.45, 7) is 4.92. The number of esters is 1. The highest BCUT2D eigenvalue weighted by atomic mass is 16.5. The summed E-state index contributed by atoms with van der Waals surface area (Å²) >= 11 is 0. The van der Waals surface area contributed by atoms with Crippen LogP contribution < -0.4 is 10.1 Å². The van der Waals surface area contributed by atoms with Crippen molar-refractivity contribution in [1.82, 2.24) is 0 Å². The maximum absolute atomic E-state index is 11.0. The van der Waals surface area contributed by atoms with Gasteiger partial charge in [0.2, 0.25) is 0 Å². The Morgan fingerprint density at radius 3 is 2.50 bits per heavy atom. The average Bonchev–Trinajstić information content (AvgIpc) is 2.31. The highest BCUT2D eigenvalue weighted by molar-refractivity contribution is 5.72. The molecular formula is C13H19NO2.